The minimum Gasteiger partial charge on any atom is -0.423 e. The van der Waals surface area contributed by atoms with Crippen LogP contribution in [0.5, 0.6) is 5.75 Å². The molecule has 0 aliphatic carbocycles. The number of para-hydroxylation sites is 1. The van der Waals surface area contributed by atoms with Crippen LogP contribution in [-0.2, 0) is 11.3 Å². The molecule has 3 rings (SSSR count). The molecule has 0 fully saturated rings. The van der Waals surface area contributed by atoms with Gasteiger partial charge in [0.05, 0.1) is 15.6 Å². The van der Waals surface area contributed by atoms with Crippen LogP contribution in [0.1, 0.15) is 34.2 Å². The van der Waals surface area contributed by atoms with Crippen LogP contribution in [0.2, 0.25) is 0 Å². The monoisotopic (exact) mass is 480 g/mol. The molecule has 3 aromatic rings. The molecule has 0 saturated carbocycles. The molecule has 2 aromatic carbocycles. The molecule has 0 bridgehead atoms. The summed E-state index contributed by atoms with van der Waals surface area (Å²) in [5, 5.41) is 30.2. The second kappa shape index (κ2) is 10.3. The van der Waals surface area contributed by atoms with E-state index >= 15 is 0 Å². The van der Waals surface area contributed by atoms with E-state index < -0.39 is 21.7 Å². The lowest BCUT2D eigenvalue weighted by Crippen LogP contribution is -2.25. The number of aryl methyl sites for hydroxylation is 1. The summed E-state index contributed by atoms with van der Waals surface area (Å²) in [4.78, 5) is 45.5. The molecule has 0 aliphatic heterocycles. The van der Waals surface area contributed by atoms with Gasteiger partial charge in [0.15, 0.2) is 0 Å². The van der Waals surface area contributed by atoms with E-state index in [-0.39, 0.29) is 40.6 Å². The maximum absolute atomic E-state index is 12.3. The van der Waals surface area contributed by atoms with Gasteiger partial charge >= 0.3 is 11.7 Å². The summed E-state index contributed by atoms with van der Waals surface area (Å²) >= 11 is 0. The predicted molar refractivity (Wildman–Crippen MR) is 123 cm³/mol. The zero-order valence-electron chi connectivity index (χ0n) is 18.9. The van der Waals surface area contributed by atoms with Crippen LogP contribution in [-0.4, -0.2) is 37.2 Å². The summed E-state index contributed by atoms with van der Waals surface area (Å²) in [5.74, 6) is -1.23. The van der Waals surface area contributed by atoms with Crippen LogP contribution in [0.3, 0.4) is 0 Å². The normalized spacial score (nSPS) is 11.1. The lowest BCUT2D eigenvalue weighted by molar-refractivity contribution is -0.386. The molecule has 1 amide bonds. The number of hydrogen-bond donors (Lipinski definition) is 1. The molecule has 13 heteroatoms. The highest BCUT2D eigenvalue weighted by molar-refractivity contribution is 5.99. The van der Waals surface area contributed by atoms with Gasteiger partial charge in [-0.25, -0.2) is 10.2 Å². The van der Waals surface area contributed by atoms with Gasteiger partial charge in [-0.3, -0.25) is 29.7 Å². The maximum atomic E-state index is 12.3. The Bertz CT molecular complexity index is 1340. The van der Waals surface area contributed by atoms with Crippen LogP contribution >= 0.6 is 0 Å². The highest BCUT2D eigenvalue weighted by Crippen LogP contribution is 2.22. The first-order valence-corrected chi connectivity index (χ1v) is 10.2. The van der Waals surface area contributed by atoms with Crippen LogP contribution in [0.25, 0.3) is 0 Å². The van der Waals surface area contributed by atoms with E-state index in [0.29, 0.717) is 11.3 Å². The van der Waals surface area contributed by atoms with E-state index in [4.69, 9.17) is 4.74 Å². The molecule has 180 valence electrons. The van der Waals surface area contributed by atoms with Crippen molar-refractivity contribution in [1.82, 2.24) is 15.2 Å². The van der Waals surface area contributed by atoms with Crippen molar-refractivity contribution >= 4 is 29.0 Å². The molecule has 35 heavy (non-hydrogen) atoms. The van der Waals surface area contributed by atoms with Crippen LogP contribution in [0.15, 0.2) is 53.6 Å². The molecule has 1 N–H and O–H groups in total. The van der Waals surface area contributed by atoms with Crippen molar-refractivity contribution < 1.29 is 24.2 Å². The predicted octanol–water partition coefficient (Wildman–Crippen LogP) is 3.08. The molecule has 0 atom stereocenters. The van der Waals surface area contributed by atoms with Crippen LogP contribution < -0.4 is 10.2 Å². The molecule has 1 aromatic heterocycles. The number of carbonyl (C=O) groups excluding carboxylic acids is 2. The second-order valence-corrected chi connectivity index (χ2v) is 7.35. The van der Waals surface area contributed by atoms with Gasteiger partial charge in [-0.2, -0.15) is 10.2 Å². The zero-order valence-corrected chi connectivity index (χ0v) is 18.9. The summed E-state index contributed by atoms with van der Waals surface area (Å²) in [6.45, 7) is 4.38. The molecular weight excluding hydrogens is 460 g/mol. The molecule has 0 spiro atoms. The van der Waals surface area contributed by atoms with Gasteiger partial charge in [-0.1, -0.05) is 12.1 Å². The Kier molecular flexibility index (Phi) is 7.29. The number of ether oxygens (including phenoxy) is 1. The summed E-state index contributed by atoms with van der Waals surface area (Å²) in [6, 6.07) is 11.6. The maximum Gasteiger partial charge on any atom is 0.350 e. The average molecular weight is 480 g/mol. The van der Waals surface area contributed by atoms with Crippen molar-refractivity contribution in [3.05, 3.63) is 91.3 Å². The van der Waals surface area contributed by atoms with Gasteiger partial charge < -0.3 is 4.74 Å². The summed E-state index contributed by atoms with van der Waals surface area (Å²) in [5.41, 5.74) is 3.22. The van der Waals surface area contributed by atoms with E-state index in [9.17, 15) is 29.8 Å². The Labute approximate surface area is 198 Å². The molecular formula is C22H20N6O7. The van der Waals surface area contributed by atoms with Crippen molar-refractivity contribution in [2.45, 2.75) is 27.3 Å². The lowest BCUT2D eigenvalue weighted by Gasteiger charge is -2.07. The molecule has 0 saturated heterocycles. The Morgan fingerprint density at radius 2 is 1.71 bits per heavy atom. The highest BCUT2D eigenvalue weighted by atomic mass is 16.6. The summed E-state index contributed by atoms with van der Waals surface area (Å²) < 4.78 is 6.45. The number of esters is 1. The highest BCUT2D eigenvalue weighted by Gasteiger charge is 2.23. The molecule has 0 radical (unpaired) electrons. The molecule has 1 heterocycles. The van der Waals surface area contributed by atoms with Gasteiger partial charge in [0, 0.05) is 6.07 Å². The number of hydrogen-bond acceptors (Lipinski definition) is 9. The Morgan fingerprint density at radius 1 is 1.06 bits per heavy atom. The lowest BCUT2D eigenvalue weighted by atomic mass is 10.1. The zero-order chi connectivity index (χ0) is 25.7. The third-order valence-corrected chi connectivity index (χ3v) is 4.97. The fourth-order valence-corrected chi connectivity index (χ4v) is 3.22. The minimum atomic E-state index is -0.868. The number of nitro benzene ring substituents is 1. The fraction of sp³-hybridized carbons (Fsp3) is 0.182. The Balaban J connectivity index is 1.63. The van der Waals surface area contributed by atoms with Gasteiger partial charge in [0.2, 0.25) is 0 Å². The van der Waals surface area contributed by atoms with Crippen LogP contribution in [0, 0.1) is 34.1 Å². The van der Waals surface area contributed by atoms with E-state index in [1.54, 1.807) is 19.1 Å². The number of hydrazone groups is 1. The van der Waals surface area contributed by atoms with Crippen molar-refractivity contribution in [1.29, 1.82) is 0 Å². The van der Waals surface area contributed by atoms with Crippen molar-refractivity contribution in [3.63, 3.8) is 0 Å². The van der Waals surface area contributed by atoms with Gasteiger partial charge in [-0.15, -0.1) is 0 Å². The molecule has 13 nitrogen and oxygen atoms in total. The van der Waals surface area contributed by atoms with Crippen molar-refractivity contribution in [3.8, 4) is 5.75 Å². The quantitative estimate of drug-likeness (QED) is 0.168. The number of carbonyl (C=O) groups is 2. The summed E-state index contributed by atoms with van der Waals surface area (Å²) in [7, 11) is 0. The van der Waals surface area contributed by atoms with Gasteiger partial charge in [0.25, 0.3) is 11.6 Å². The molecule has 0 unspecified atom stereocenters. The SMILES string of the molecule is C/C(=N\NC(=O)Cn1nc(C)c([N+](=O)[O-])c1C)c1ccc(OC(=O)c2ccccc2[N+](=O)[O-])cc1. The number of aromatic nitrogens is 2. The number of nitro groups is 2. The van der Waals surface area contributed by atoms with Crippen LogP contribution in [0.4, 0.5) is 11.4 Å². The number of benzene rings is 2. The Hall–Kier alpha value is -4.94. The second-order valence-electron chi connectivity index (χ2n) is 7.35. The van der Waals surface area contributed by atoms with Gasteiger partial charge in [0.1, 0.15) is 29.2 Å². The molecule has 0 aliphatic rings. The largest absolute Gasteiger partial charge is 0.423 e. The third-order valence-electron chi connectivity index (χ3n) is 4.97. The number of amides is 1. The first kappa shape index (κ1) is 24.7. The number of rotatable bonds is 8. The van der Waals surface area contributed by atoms with Gasteiger partial charge in [-0.05, 0) is 56.7 Å². The standard InChI is InChI=1S/C22H20N6O7/c1-13(23-24-20(29)12-26-15(3)21(28(33)34)14(2)25-26)16-8-10-17(11-9-16)35-22(30)18-6-4-5-7-19(18)27(31)32/h4-11H,12H2,1-3H3,(H,24,29)/b23-13+. The minimum absolute atomic E-state index is 0.139. The number of nitrogens with zero attached hydrogens (tertiary/aromatic N) is 5. The third kappa shape index (κ3) is 5.71. The smallest absolute Gasteiger partial charge is 0.350 e. The first-order valence-electron chi connectivity index (χ1n) is 10.2. The topological polar surface area (TPSA) is 172 Å². The Morgan fingerprint density at radius 3 is 2.31 bits per heavy atom. The van der Waals surface area contributed by atoms with E-state index in [1.165, 1.54) is 54.9 Å². The first-order chi connectivity index (χ1) is 16.6. The van der Waals surface area contributed by atoms with Crippen molar-refractivity contribution in [2.75, 3.05) is 0 Å². The number of nitrogens with one attached hydrogen (secondary N) is 1. The van der Waals surface area contributed by atoms with Crippen molar-refractivity contribution in [2.24, 2.45) is 5.10 Å². The van der Waals surface area contributed by atoms with E-state index in [1.807, 2.05) is 0 Å². The summed E-state index contributed by atoms with van der Waals surface area (Å²) in [6.07, 6.45) is 0. The average Bonchev–Trinajstić information content (AvgIpc) is 3.10. The van der Waals surface area contributed by atoms with E-state index in [0.717, 1.165) is 0 Å². The fourth-order valence-electron chi connectivity index (χ4n) is 3.22. The van der Waals surface area contributed by atoms with E-state index in [2.05, 4.69) is 15.6 Å².